The molecular formula is C19H15Cl2N3O5S. The highest BCUT2D eigenvalue weighted by molar-refractivity contribution is 8.00. The third-order valence-corrected chi connectivity index (χ3v) is 6.82. The average Bonchev–Trinajstić information content (AvgIpc) is 2.71. The Labute approximate surface area is 185 Å². The van der Waals surface area contributed by atoms with Crippen LogP contribution in [0.4, 0.5) is 11.4 Å². The van der Waals surface area contributed by atoms with Crippen molar-refractivity contribution in [3.05, 3.63) is 84.4 Å². The molecule has 1 aliphatic rings. The number of allylic oxidation sites excluding steroid dienone is 1. The number of amides is 1. The van der Waals surface area contributed by atoms with Gasteiger partial charge in [-0.15, -0.1) is 11.8 Å². The molecule has 0 radical (unpaired) electrons. The summed E-state index contributed by atoms with van der Waals surface area (Å²) in [5.41, 5.74) is -1.19. The zero-order valence-corrected chi connectivity index (χ0v) is 17.6. The Morgan fingerprint density at radius 2 is 1.57 bits per heavy atom. The highest BCUT2D eigenvalue weighted by Crippen LogP contribution is 2.40. The van der Waals surface area contributed by atoms with Gasteiger partial charge in [-0.1, -0.05) is 41.4 Å². The molecule has 0 unspecified atom stereocenters. The summed E-state index contributed by atoms with van der Waals surface area (Å²) in [6.07, 6.45) is 5.09. The summed E-state index contributed by atoms with van der Waals surface area (Å²) in [5.74, 6) is -0.627. The fourth-order valence-electron chi connectivity index (χ4n) is 3.01. The van der Waals surface area contributed by atoms with Gasteiger partial charge in [0.05, 0.1) is 31.5 Å². The van der Waals surface area contributed by atoms with Crippen LogP contribution in [-0.2, 0) is 0 Å². The first kappa shape index (κ1) is 22.1. The van der Waals surface area contributed by atoms with Crippen LogP contribution in [0.5, 0.6) is 0 Å². The zero-order chi connectivity index (χ0) is 21.8. The number of nitro benzene ring substituents is 2. The van der Waals surface area contributed by atoms with Crippen molar-refractivity contribution < 1.29 is 14.6 Å². The van der Waals surface area contributed by atoms with Gasteiger partial charge in [0.1, 0.15) is 0 Å². The number of nitrogens with one attached hydrogen (secondary N) is 1. The zero-order valence-electron chi connectivity index (χ0n) is 15.3. The molecule has 8 nitrogen and oxygen atoms in total. The van der Waals surface area contributed by atoms with Crippen molar-refractivity contribution >= 4 is 52.2 Å². The summed E-state index contributed by atoms with van der Waals surface area (Å²) in [6, 6.07) is 7.73. The smallest absolute Gasteiger partial charge is 0.277 e. The lowest BCUT2D eigenvalue weighted by Crippen LogP contribution is -2.42. The fourth-order valence-corrected chi connectivity index (χ4v) is 4.89. The molecule has 3 rings (SSSR count). The summed E-state index contributed by atoms with van der Waals surface area (Å²) >= 11 is 13.9. The van der Waals surface area contributed by atoms with Crippen molar-refractivity contribution in [2.45, 2.75) is 29.0 Å². The molecule has 1 N–H and O–H groups in total. The number of nitro groups is 2. The molecule has 2 atom stereocenters. The van der Waals surface area contributed by atoms with Crippen molar-refractivity contribution in [1.29, 1.82) is 0 Å². The highest BCUT2D eigenvalue weighted by Gasteiger charge is 2.28. The van der Waals surface area contributed by atoms with E-state index in [9.17, 15) is 25.0 Å². The van der Waals surface area contributed by atoms with E-state index in [1.807, 2.05) is 12.2 Å². The summed E-state index contributed by atoms with van der Waals surface area (Å²) in [7, 11) is 0. The molecule has 1 aliphatic carbocycles. The van der Waals surface area contributed by atoms with Gasteiger partial charge in [0.25, 0.3) is 17.3 Å². The third-order valence-electron chi connectivity index (χ3n) is 4.46. The Kier molecular flexibility index (Phi) is 6.96. The molecule has 0 aliphatic heterocycles. The number of hydrogen-bond donors (Lipinski definition) is 1. The van der Waals surface area contributed by atoms with Crippen LogP contribution in [0.3, 0.4) is 0 Å². The second-order valence-electron chi connectivity index (χ2n) is 6.48. The topological polar surface area (TPSA) is 115 Å². The van der Waals surface area contributed by atoms with Crippen molar-refractivity contribution in [2.75, 3.05) is 0 Å². The average molecular weight is 468 g/mol. The van der Waals surface area contributed by atoms with E-state index in [1.165, 1.54) is 11.8 Å². The molecule has 0 bridgehead atoms. The predicted molar refractivity (Wildman–Crippen MR) is 115 cm³/mol. The van der Waals surface area contributed by atoms with Crippen LogP contribution in [0, 0.1) is 20.2 Å². The standard InChI is InChI=1S/C19H15Cl2N3O5S/c20-14-4-3-5-15(21)18(14)30-17-7-2-1-6-16(17)22-19(25)11-8-12(23(26)27)10-13(9-11)24(28)29/h1-5,8-10,16-17H,6-7H2,(H,22,25)/t16-,17-/m1/s1. The van der Waals surface area contributed by atoms with Crippen LogP contribution in [0.25, 0.3) is 0 Å². The van der Waals surface area contributed by atoms with E-state index in [2.05, 4.69) is 5.32 Å². The molecular weight excluding hydrogens is 453 g/mol. The van der Waals surface area contributed by atoms with Crippen molar-refractivity contribution in [2.24, 2.45) is 0 Å². The normalized spacial score (nSPS) is 18.1. The van der Waals surface area contributed by atoms with Gasteiger partial charge >= 0.3 is 0 Å². The first-order chi connectivity index (χ1) is 14.3. The lowest BCUT2D eigenvalue weighted by Gasteiger charge is -2.29. The maximum Gasteiger partial charge on any atom is 0.277 e. The second kappa shape index (κ2) is 9.46. The van der Waals surface area contributed by atoms with Gasteiger partial charge in [-0.2, -0.15) is 0 Å². The molecule has 0 fully saturated rings. The molecule has 11 heteroatoms. The van der Waals surface area contributed by atoms with Gasteiger partial charge in [-0.25, -0.2) is 0 Å². The molecule has 0 saturated carbocycles. The van der Waals surface area contributed by atoms with Crippen LogP contribution < -0.4 is 5.32 Å². The Hall–Kier alpha value is -2.62. The van der Waals surface area contributed by atoms with E-state index in [4.69, 9.17) is 23.2 Å². The van der Waals surface area contributed by atoms with E-state index in [-0.39, 0.29) is 16.9 Å². The first-order valence-corrected chi connectivity index (χ1v) is 10.4. The minimum absolute atomic E-state index is 0.0926. The Balaban J connectivity index is 1.83. The SMILES string of the molecule is O=C(N[C@@H]1CC=CC[C@H]1Sc1c(Cl)cccc1Cl)c1cc([N+](=O)[O-])cc([N+](=O)[O-])c1. The maximum atomic E-state index is 12.8. The van der Waals surface area contributed by atoms with Gasteiger partial charge in [-0.05, 0) is 25.0 Å². The van der Waals surface area contributed by atoms with E-state index >= 15 is 0 Å². The number of carbonyl (C=O) groups excluding carboxylic acids is 1. The van der Waals surface area contributed by atoms with Gasteiger partial charge in [-0.3, -0.25) is 25.0 Å². The first-order valence-electron chi connectivity index (χ1n) is 8.76. The Morgan fingerprint density at radius 1 is 1.00 bits per heavy atom. The summed E-state index contributed by atoms with van der Waals surface area (Å²) < 4.78 is 0. The number of carbonyl (C=O) groups is 1. The lowest BCUT2D eigenvalue weighted by molar-refractivity contribution is -0.394. The molecule has 2 aromatic carbocycles. The van der Waals surface area contributed by atoms with Gasteiger partial charge < -0.3 is 5.32 Å². The van der Waals surface area contributed by atoms with Crippen LogP contribution >= 0.6 is 35.0 Å². The Morgan fingerprint density at radius 3 is 2.13 bits per heavy atom. The maximum absolute atomic E-state index is 12.8. The minimum Gasteiger partial charge on any atom is -0.348 e. The second-order valence-corrected chi connectivity index (χ2v) is 8.55. The highest BCUT2D eigenvalue weighted by atomic mass is 35.5. The number of nitrogens with zero attached hydrogens (tertiary/aromatic N) is 2. The Bertz CT molecular complexity index is 994. The van der Waals surface area contributed by atoms with Crippen molar-refractivity contribution in [1.82, 2.24) is 5.32 Å². The van der Waals surface area contributed by atoms with Gasteiger partial charge in [0.2, 0.25) is 0 Å². The molecule has 156 valence electrons. The number of thioether (sulfide) groups is 1. The molecule has 1 amide bonds. The third kappa shape index (κ3) is 5.10. The van der Waals surface area contributed by atoms with E-state index in [0.717, 1.165) is 18.2 Å². The minimum atomic E-state index is -0.773. The summed E-state index contributed by atoms with van der Waals surface area (Å²) in [6.45, 7) is 0. The van der Waals surface area contributed by atoms with Crippen molar-refractivity contribution in [3.8, 4) is 0 Å². The number of halogens is 2. The molecule has 0 heterocycles. The molecule has 30 heavy (non-hydrogen) atoms. The van der Waals surface area contributed by atoms with E-state index in [0.29, 0.717) is 27.8 Å². The monoisotopic (exact) mass is 467 g/mol. The van der Waals surface area contributed by atoms with Crippen LogP contribution in [-0.4, -0.2) is 27.0 Å². The predicted octanol–water partition coefficient (Wildman–Crippen LogP) is 5.42. The number of rotatable bonds is 6. The number of hydrogen-bond acceptors (Lipinski definition) is 6. The summed E-state index contributed by atoms with van der Waals surface area (Å²) in [5, 5.41) is 25.9. The van der Waals surface area contributed by atoms with E-state index < -0.39 is 27.1 Å². The van der Waals surface area contributed by atoms with Crippen LogP contribution in [0.15, 0.2) is 53.4 Å². The van der Waals surface area contributed by atoms with Crippen LogP contribution in [0.1, 0.15) is 23.2 Å². The number of benzene rings is 2. The molecule has 0 saturated heterocycles. The fraction of sp³-hybridized carbons (Fsp3) is 0.211. The quantitative estimate of drug-likeness (QED) is 0.344. The van der Waals surface area contributed by atoms with Gasteiger partial charge in [0, 0.05) is 28.3 Å². The summed E-state index contributed by atoms with van der Waals surface area (Å²) in [4.78, 5) is 34.1. The lowest BCUT2D eigenvalue weighted by atomic mass is 10.0. The van der Waals surface area contributed by atoms with Crippen LogP contribution in [0.2, 0.25) is 10.0 Å². The van der Waals surface area contributed by atoms with Crippen molar-refractivity contribution in [3.63, 3.8) is 0 Å². The molecule has 0 aromatic heterocycles. The molecule has 2 aromatic rings. The largest absolute Gasteiger partial charge is 0.348 e. The van der Waals surface area contributed by atoms with E-state index in [1.54, 1.807) is 18.2 Å². The number of non-ortho nitro benzene ring substituents is 2. The molecule has 0 spiro atoms. The van der Waals surface area contributed by atoms with Gasteiger partial charge in [0.15, 0.2) is 0 Å².